The summed E-state index contributed by atoms with van der Waals surface area (Å²) in [6.45, 7) is 3.71. The molecular weight excluding hydrogens is 402 g/mol. The summed E-state index contributed by atoms with van der Waals surface area (Å²) in [6.07, 6.45) is 4.77. The third-order valence-corrected chi connectivity index (χ3v) is 6.34. The van der Waals surface area contributed by atoms with E-state index >= 15 is 0 Å². The van der Waals surface area contributed by atoms with Crippen LogP contribution < -0.4 is 9.80 Å². The molecule has 3 heterocycles. The van der Waals surface area contributed by atoms with Gasteiger partial charge in [0, 0.05) is 49.8 Å². The fraction of sp³-hybridized carbons (Fsp3) is 0.280. The molecule has 3 aromatic rings. The Kier molecular flexibility index (Phi) is 4.98. The van der Waals surface area contributed by atoms with Crippen molar-refractivity contribution >= 4 is 23.2 Å². The van der Waals surface area contributed by atoms with Crippen LogP contribution in [0.25, 0.3) is 0 Å². The number of hydrogen-bond donors (Lipinski definition) is 0. The molecule has 1 saturated heterocycles. The van der Waals surface area contributed by atoms with E-state index in [1.165, 1.54) is 5.56 Å². The maximum absolute atomic E-state index is 13.3. The number of carbonyl (C=O) groups is 2. The Balaban J connectivity index is 1.31. The Labute approximate surface area is 186 Å². The lowest BCUT2D eigenvalue weighted by molar-refractivity contribution is -0.124. The Hall–Kier alpha value is -3.92. The molecule has 0 spiro atoms. The van der Waals surface area contributed by atoms with E-state index in [9.17, 15) is 9.59 Å². The molecule has 2 aliphatic heterocycles. The number of imidazole rings is 1. The highest BCUT2D eigenvalue weighted by atomic mass is 16.2. The molecule has 0 bridgehead atoms. The smallest absolute Gasteiger partial charge is 0.232 e. The van der Waals surface area contributed by atoms with Crippen molar-refractivity contribution < 1.29 is 9.59 Å². The first-order valence-corrected chi connectivity index (χ1v) is 10.7. The number of amides is 2. The van der Waals surface area contributed by atoms with Gasteiger partial charge in [0.1, 0.15) is 5.82 Å². The number of anilines is 2. The first kappa shape index (κ1) is 20.0. The molecule has 0 radical (unpaired) electrons. The molecule has 0 aliphatic carbocycles. The van der Waals surface area contributed by atoms with Gasteiger partial charge in [-0.15, -0.1) is 0 Å². The molecule has 160 valence electrons. The summed E-state index contributed by atoms with van der Waals surface area (Å²) in [5.74, 6) is 0.503. The normalized spacial score (nSPS) is 17.5. The van der Waals surface area contributed by atoms with Gasteiger partial charge in [0.05, 0.1) is 17.6 Å². The van der Waals surface area contributed by atoms with Gasteiger partial charge >= 0.3 is 0 Å². The van der Waals surface area contributed by atoms with Crippen molar-refractivity contribution in [2.24, 2.45) is 5.92 Å². The maximum Gasteiger partial charge on any atom is 0.232 e. The highest BCUT2D eigenvalue weighted by Gasteiger charge is 2.39. The summed E-state index contributed by atoms with van der Waals surface area (Å²) in [7, 11) is 0. The first-order valence-electron chi connectivity index (χ1n) is 10.7. The van der Waals surface area contributed by atoms with E-state index in [2.05, 4.69) is 27.8 Å². The Bertz CT molecular complexity index is 1260. The molecule has 1 aromatic heterocycles. The van der Waals surface area contributed by atoms with E-state index in [0.717, 1.165) is 30.0 Å². The van der Waals surface area contributed by atoms with Gasteiger partial charge in [0.2, 0.25) is 11.8 Å². The molecule has 32 heavy (non-hydrogen) atoms. The van der Waals surface area contributed by atoms with E-state index in [4.69, 9.17) is 5.26 Å². The molecule has 2 aromatic carbocycles. The monoisotopic (exact) mass is 425 g/mol. The molecular formula is C25H23N5O2. The SMILES string of the molecule is Cc1nccn1Cc1ccc2c(c1)CCN2C(=O)C1CC(=O)N(c2cccc(C#N)c2)C1. The van der Waals surface area contributed by atoms with Crippen LogP contribution in [0.4, 0.5) is 11.4 Å². The van der Waals surface area contributed by atoms with Crippen LogP contribution in [-0.2, 0) is 22.6 Å². The van der Waals surface area contributed by atoms with Crippen molar-refractivity contribution in [1.29, 1.82) is 5.26 Å². The highest BCUT2D eigenvalue weighted by molar-refractivity contribution is 6.05. The predicted molar refractivity (Wildman–Crippen MR) is 120 cm³/mol. The number of hydrogen-bond acceptors (Lipinski definition) is 4. The molecule has 1 fully saturated rings. The fourth-order valence-corrected chi connectivity index (χ4v) is 4.64. The van der Waals surface area contributed by atoms with Crippen LogP contribution in [0.15, 0.2) is 54.9 Å². The summed E-state index contributed by atoms with van der Waals surface area (Å²) >= 11 is 0. The number of fused-ring (bicyclic) bond motifs is 1. The molecule has 7 heteroatoms. The molecule has 1 unspecified atom stereocenters. The highest BCUT2D eigenvalue weighted by Crippen LogP contribution is 2.33. The topological polar surface area (TPSA) is 82.2 Å². The number of carbonyl (C=O) groups excluding carboxylic acids is 2. The third kappa shape index (κ3) is 3.54. The van der Waals surface area contributed by atoms with Gasteiger partial charge in [-0.1, -0.05) is 18.2 Å². The molecule has 0 saturated carbocycles. The van der Waals surface area contributed by atoms with E-state index in [0.29, 0.717) is 24.3 Å². The zero-order valence-electron chi connectivity index (χ0n) is 17.9. The van der Waals surface area contributed by atoms with Crippen molar-refractivity contribution in [3.63, 3.8) is 0 Å². The lowest BCUT2D eigenvalue weighted by atomic mass is 10.1. The van der Waals surface area contributed by atoms with E-state index in [1.54, 1.807) is 35.4 Å². The molecule has 2 amide bonds. The van der Waals surface area contributed by atoms with Crippen molar-refractivity contribution in [3.05, 3.63) is 77.4 Å². The van der Waals surface area contributed by atoms with Crippen LogP contribution in [0.2, 0.25) is 0 Å². The standard InChI is InChI=1S/C25H23N5O2/c1-17-27-8-10-28(17)15-19-5-6-23-20(11-19)7-9-29(23)25(32)21-13-24(31)30(16-21)22-4-2-3-18(12-22)14-26/h2-6,8,10-12,21H,7,9,13,15-16H2,1H3. The number of rotatable bonds is 4. The quantitative estimate of drug-likeness (QED) is 0.643. The van der Waals surface area contributed by atoms with E-state index < -0.39 is 0 Å². The van der Waals surface area contributed by atoms with Crippen LogP contribution in [0.1, 0.15) is 28.9 Å². The number of nitriles is 1. The summed E-state index contributed by atoms with van der Waals surface area (Å²) < 4.78 is 2.10. The lowest BCUT2D eigenvalue weighted by Gasteiger charge is -2.22. The molecule has 2 aliphatic rings. The molecule has 0 N–H and O–H groups in total. The van der Waals surface area contributed by atoms with Crippen molar-refractivity contribution in [3.8, 4) is 6.07 Å². The van der Waals surface area contributed by atoms with Gasteiger partial charge in [-0.25, -0.2) is 4.98 Å². The van der Waals surface area contributed by atoms with Gasteiger partial charge in [-0.2, -0.15) is 5.26 Å². The average Bonchev–Trinajstić information content (AvgIpc) is 3.52. The summed E-state index contributed by atoms with van der Waals surface area (Å²) in [5.41, 5.74) is 4.46. The van der Waals surface area contributed by atoms with Gasteiger partial charge < -0.3 is 14.4 Å². The Morgan fingerprint density at radius 2 is 2.12 bits per heavy atom. The molecule has 1 atom stereocenters. The summed E-state index contributed by atoms with van der Waals surface area (Å²) in [4.78, 5) is 33.7. The third-order valence-electron chi connectivity index (χ3n) is 6.34. The van der Waals surface area contributed by atoms with E-state index in [1.807, 2.05) is 24.1 Å². The largest absolute Gasteiger partial charge is 0.331 e. The molecule has 5 rings (SSSR count). The number of aryl methyl sites for hydroxylation is 1. The second kappa shape index (κ2) is 7.97. The molecule has 7 nitrogen and oxygen atoms in total. The second-order valence-corrected chi connectivity index (χ2v) is 8.37. The van der Waals surface area contributed by atoms with E-state index in [-0.39, 0.29) is 24.2 Å². The van der Waals surface area contributed by atoms with Crippen molar-refractivity contribution in [1.82, 2.24) is 9.55 Å². The van der Waals surface area contributed by atoms with Crippen molar-refractivity contribution in [2.45, 2.75) is 26.3 Å². The van der Waals surface area contributed by atoms with Gasteiger partial charge in [-0.3, -0.25) is 9.59 Å². The van der Waals surface area contributed by atoms with Crippen LogP contribution >= 0.6 is 0 Å². The minimum absolute atomic E-state index is 0.00533. The maximum atomic E-state index is 13.3. The Morgan fingerprint density at radius 3 is 2.91 bits per heavy atom. The second-order valence-electron chi connectivity index (χ2n) is 8.37. The number of benzene rings is 2. The van der Waals surface area contributed by atoms with Crippen LogP contribution in [0.5, 0.6) is 0 Å². The van der Waals surface area contributed by atoms with Crippen molar-refractivity contribution in [2.75, 3.05) is 22.9 Å². The number of nitrogens with zero attached hydrogens (tertiary/aromatic N) is 5. The number of aromatic nitrogens is 2. The van der Waals surface area contributed by atoms with Gasteiger partial charge in [-0.05, 0) is 48.7 Å². The first-order chi connectivity index (χ1) is 15.5. The Morgan fingerprint density at radius 1 is 1.25 bits per heavy atom. The average molecular weight is 425 g/mol. The summed E-state index contributed by atoms with van der Waals surface area (Å²) in [6, 6.07) is 15.3. The fourth-order valence-electron chi connectivity index (χ4n) is 4.64. The minimum Gasteiger partial charge on any atom is -0.331 e. The van der Waals surface area contributed by atoms with Gasteiger partial charge in [0.15, 0.2) is 0 Å². The van der Waals surface area contributed by atoms with Crippen LogP contribution in [0, 0.1) is 24.2 Å². The minimum atomic E-state index is -0.382. The van der Waals surface area contributed by atoms with Gasteiger partial charge in [0.25, 0.3) is 0 Å². The lowest BCUT2D eigenvalue weighted by Crippen LogP contribution is -2.36. The van der Waals surface area contributed by atoms with Crippen LogP contribution in [0.3, 0.4) is 0 Å². The zero-order valence-corrected chi connectivity index (χ0v) is 17.9. The predicted octanol–water partition coefficient (Wildman–Crippen LogP) is 3.05. The summed E-state index contributed by atoms with van der Waals surface area (Å²) in [5, 5.41) is 9.13. The van der Waals surface area contributed by atoms with Crippen LogP contribution in [-0.4, -0.2) is 34.5 Å². The zero-order chi connectivity index (χ0) is 22.2.